The lowest BCUT2D eigenvalue weighted by Crippen LogP contribution is -2.21. The summed E-state index contributed by atoms with van der Waals surface area (Å²) in [6.07, 6.45) is 6.34. The molecule has 0 saturated carbocycles. The second-order valence-electron chi connectivity index (χ2n) is 6.56. The SMILES string of the molecule is N#C/C(=C\c1ccc(O)c(O)c1)C(=O)Nc1nc(-c2ccccn2)c(C2=NC=CNC2)s1. The molecule has 1 aromatic carbocycles. The Morgan fingerprint density at radius 1 is 1.25 bits per heavy atom. The zero-order chi connectivity index (χ0) is 22.5. The predicted molar refractivity (Wildman–Crippen MR) is 121 cm³/mol. The van der Waals surface area contributed by atoms with Gasteiger partial charge in [-0.05, 0) is 35.9 Å². The van der Waals surface area contributed by atoms with Gasteiger partial charge < -0.3 is 15.5 Å². The summed E-state index contributed by atoms with van der Waals surface area (Å²) in [5.74, 6) is -1.30. The van der Waals surface area contributed by atoms with Gasteiger partial charge >= 0.3 is 0 Å². The molecule has 4 N–H and O–H groups in total. The molecule has 0 atom stereocenters. The molecule has 158 valence electrons. The normalized spacial score (nSPS) is 13.1. The van der Waals surface area contributed by atoms with Crippen molar-refractivity contribution < 1.29 is 15.0 Å². The molecule has 0 saturated heterocycles. The van der Waals surface area contributed by atoms with Crippen LogP contribution in [0.4, 0.5) is 5.13 Å². The second-order valence-corrected chi connectivity index (χ2v) is 7.56. The van der Waals surface area contributed by atoms with E-state index in [0.717, 1.165) is 10.6 Å². The molecular formula is C22H16N6O3S. The van der Waals surface area contributed by atoms with Gasteiger partial charge in [-0.2, -0.15) is 5.26 Å². The van der Waals surface area contributed by atoms with Gasteiger partial charge in [-0.25, -0.2) is 4.98 Å². The quantitative estimate of drug-likeness (QED) is 0.269. The van der Waals surface area contributed by atoms with Crippen LogP contribution in [-0.4, -0.2) is 38.3 Å². The Hall–Kier alpha value is -4.49. The molecular weight excluding hydrogens is 428 g/mol. The maximum Gasteiger partial charge on any atom is 0.268 e. The fourth-order valence-corrected chi connectivity index (χ4v) is 3.84. The number of rotatable bonds is 5. The van der Waals surface area contributed by atoms with E-state index in [1.807, 2.05) is 18.2 Å². The van der Waals surface area contributed by atoms with E-state index in [1.54, 1.807) is 24.7 Å². The fourth-order valence-electron chi connectivity index (χ4n) is 2.88. The lowest BCUT2D eigenvalue weighted by Gasteiger charge is -2.08. The molecule has 0 bridgehead atoms. The van der Waals surface area contributed by atoms with Crippen molar-refractivity contribution in [2.24, 2.45) is 4.99 Å². The van der Waals surface area contributed by atoms with Crippen molar-refractivity contribution in [2.75, 3.05) is 11.9 Å². The van der Waals surface area contributed by atoms with Crippen LogP contribution in [0.2, 0.25) is 0 Å². The van der Waals surface area contributed by atoms with Gasteiger partial charge in [0.25, 0.3) is 5.91 Å². The molecule has 1 amide bonds. The number of nitrogens with zero attached hydrogens (tertiary/aromatic N) is 4. The van der Waals surface area contributed by atoms with Gasteiger partial charge in [0, 0.05) is 18.6 Å². The van der Waals surface area contributed by atoms with Crippen LogP contribution in [0, 0.1) is 11.3 Å². The number of benzene rings is 1. The summed E-state index contributed by atoms with van der Waals surface area (Å²) in [5.41, 5.74) is 2.16. The first-order chi connectivity index (χ1) is 15.5. The van der Waals surface area contributed by atoms with Crippen molar-refractivity contribution in [3.8, 4) is 29.0 Å². The Bertz CT molecular complexity index is 1300. The van der Waals surface area contributed by atoms with Gasteiger partial charge in [-0.1, -0.05) is 23.5 Å². The summed E-state index contributed by atoms with van der Waals surface area (Å²) in [6, 6.07) is 11.3. The molecule has 0 radical (unpaired) electrons. The van der Waals surface area contributed by atoms with Crippen molar-refractivity contribution in [2.45, 2.75) is 0 Å². The molecule has 1 aliphatic heterocycles. The lowest BCUT2D eigenvalue weighted by atomic mass is 10.1. The van der Waals surface area contributed by atoms with Crippen molar-refractivity contribution >= 4 is 34.2 Å². The number of phenolic OH excluding ortho intramolecular Hbond substituents is 2. The number of aliphatic imine (C=N–C) groups is 1. The molecule has 10 heteroatoms. The number of carbonyl (C=O) groups is 1. The minimum Gasteiger partial charge on any atom is -0.504 e. The first kappa shape index (κ1) is 20.8. The average molecular weight is 444 g/mol. The van der Waals surface area contributed by atoms with Gasteiger partial charge in [0.15, 0.2) is 16.6 Å². The Balaban J connectivity index is 1.65. The molecule has 1 aliphatic rings. The van der Waals surface area contributed by atoms with Crippen molar-refractivity contribution in [1.82, 2.24) is 15.3 Å². The van der Waals surface area contributed by atoms with Crippen LogP contribution in [0.5, 0.6) is 11.5 Å². The Labute approximate surface area is 186 Å². The zero-order valence-corrected chi connectivity index (χ0v) is 17.3. The molecule has 4 rings (SSSR count). The van der Waals surface area contributed by atoms with Gasteiger partial charge in [0.1, 0.15) is 17.3 Å². The third-order valence-corrected chi connectivity index (χ3v) is 5.40. The first-order valence-electron chi connectivity index (χ1n) is 9.38. The van der Waals surface area contributed by atoms with Gasteiger partial charge in [0.05, 0.1) is 22.8 Å². The van der Waals surface area contributed by atoms with E-state index in [9.17, 15) is 20.3 Å². The standard InChI is InChI=1S/C22H16N6O3S/c23-11-14(9-13-4-5-17(29)18(30)10-13)21(31)28-22-27-19(15-3-1-2-6-25-15)20(32-22)16-12-24-7-8-26-16/h1-10,24,29-30H,12H2,(H,27,28,31)/b14-9+. The number of hydrogen-bond acceptors (Lipinski definition) is 9. The van der Waals surface area contributed by atoms with Gasteiger partial charge in [0.2, 0.25) is 0 Å². The van der Waals surface area contributed by atoms with Crippen LogP contribution in [0.1, 0.15) is 10.4 Å². The predicted octanol–water partition coefficient (Wildman–Crippen LogP) is 3.03. The molecule has 32 heavy (non-hydrogen) atoms. The van der Waals surface area contributed by atoms with Crippen LogP contribution in [-0.2, 0) is 4.79 Å². The monoisotopic (exact) mass is 444 g/mol. The molecule has 9 nitrogen and oxygen atoms in total. The van der Waals surface area contributed by atoms with Gasteiger partial charge in [-0.15, -0.1) is 0 Å². The van der Waals surface area contributed by atoms with E-state index in [2.05, 4.69) is 25.6 Å². The van der Waals surface area contributed by atoms with Crippen molar-refractivity contribution in [3.63, 3.8) is 0 Å². The molecule has 0 fully saturated rings. The van der Waals surface area contributed by atoms with Crippen molar-refractivity contribution in [3.05, 3.63) is 71.0 Å². The van der Waals surface area contributed by atoms with Crippen LogP contribution in [0.25, 0.3) is 17.5 Å². The number of anilines is 1. The maximum absolute atomic E-state index is 12.7. The molecule has 0 unspecified atom stereocenters. The molecule has 2 aromatic heterocycles. The Kier molecular flexibility index (Phi) is 5.91. The first-order valence-corrected chi connectivity index (χ1v) is 10.2. The van der Waals surface area contributed by atoms with Crippen LogP contribution in [0.3, 0.4) is 0 Å². The largest absolute Gasteiger partial charge is 0.504 e. The highest BCUT2D eigenvalue weighted by Gasteiger charge is 2.21. The topological polar surface area (TPSA) is 144 Å². The summed E-state index contributed by atoms with van der Waals surface area (Å²) in [5, 5.41) is 34.5. The van der Waals surface area contributed by atoms with Crippen molar-refractivity contribution in [1.29, 1.82) is 5.26 Å². The van der Waals surface area contributed by atoms with Crippen LogP contribution < -0.4 is 10.6 Å². The number of carbonyl (C=O) groups excluding carboxylic acids is 1. The van der Waals surface area contributed by atoms with E-state index < -0.39 is 5.91 Å². The number of thiazole rings is 1. The summed E-state index contributed by atoms with van der Waals surface area (Å²) in [7, 11) is 0. The molecule has 0 aliphatic carbocycles. The smallest absolute Gasteiger partial charge is 0.268 e. The maximum atomic E-state index is 12.7. The highest BCUT2D eigenvalue weighted by molar-refractivity contribution is 7.18. The lowest BCUT2D eigenvalue weighted by molar-refractivity contribution is -0.112. The third kappa shape index (κ3) is 4.48. The van der Waals surface area contributed by atoms with E-state index in [4.69, 9.17) is 0 Å². The van der Waals surface area contributed by atoms with E-state index in [-0.39, 0.29) is 22.2 Å². The Morgan fingerprint density at radius 3 is 2.81 bits per heavy atom. The minimum atomic E-state index is -0.656. The van der Waals surface area contributed by atoms with E-state index >= 15 is 0 Å². The molecule has 3 aromatic rings. The average Bonchev–Trinajstić information content (AvgIpc) is 3.24. The number of phenols is 2. The minimum absolute atomic E-state index is 0.189. The summed E-state index contributed by atoms with van der Waals surface area (Å²) >= 11 is 1.23. The van der Waals surface area contributed by atoms with E-state index in [0.29, 0.717) is 23.5 Å². The number of aromatic nitrogens is 2. The highest BCUT2D eigenvalue weighted by Crippen LogP contribution is 2.31. The molecule has 3 heterocycles. The summed E-state index contributed by atoms with van der Waals surface area (Å²) < 4.78 is 0. The van der Waals surface area contributed by atoms with Gasteiger partial charge in [-0.3, -0.25) is 20.1 Å². The summed E-state index contributed by atoms with van der Waals surface area (Å²) in [4.78, 5) is 26.7. The van der Waals surface area contributed by atoms with E-state index in [1.165, 1.54) is 35.6 Å². The Morgan fingerprint density at radius 2 is 2.12 bits per heavy atom. The fraction of sp³-hybridized carbons (Fsp3) is 0.0455. The number of nitriles is 1. The second kappa shape index (κ2) is 9.11. The number of hydrogen-bond donors (Lipinski definition) is 4. The number of nitrogens with one attached hydrogen (secondary N) is 2. The molecule has 0 spiro atoms. The van der Waals surface area contributed by atoms with Crippen LogP contribution in [0.15, 0.2) is 65.6 Å². The highest BCUT2D eigenvalue weighted by atomic mass is 32.1. The number of pyridine rings is 1. The number of amides is 1. The number of aromatic hydroxyl groups is 2. The summed E-state index contributed by atoms with van der Waals surface area (Å²) in [6.45, 7) is 0.500. The third-order valence-electron chi connectivity index (χ3n) is 4.39. The zero-order valence-electron chi connectivity index (χ0n) is 16.5. The van der Waals surface area contributed by atoms with Crippen LogP contribution >= 0.6 is 11.3 Å².